The number of carbonyl (C=O) groups is 2. The van der Waals surface area contributed by atoms with Crippen molar-refractivity contribution in [1.29, 1.82) is 0 Å². The molecule has 1 unspecified atom stereocenters. The Morgan fingerprint density at radius 1 is 1.17 bits per heavy atom. The monoisotopic (exact) mass is 703 g/mol. The predicted octanol–water partition coefficient (Wildman–Crippen LogP) is 5.01. The minimum atomic E-state index is -4.90. The van der Waals surface area contributed by atoms with E-state index in [2.05, 4.69) is 10.3 Å². The van der Waals surface area contributed by atoms with E-state index in [-0.39, 0.29) is 41.4 Å². The number of rotatable bonds is 7. The Kier molecular flexibility index (Phi) is 9.22. The van der Waals surface area contributed by atoms with E-state index in [1.54, 1.807) is 0 Å². The van der Waals surface area contributed by atoms with Gasteiger partial charge in [0.2, 0.25) is 0 Å². The first-order valence-corrected chi connectivity index (χ1v) is 14.4. The van der Waals surface area contributed by atoms with Crippen molar-refractivity contribution in [2.45, 2.75) is 37.8 Å². The average molecular weight is 704 g/mol. The van der Waals surface area contributed by atoms with Crippen molar-refractivity contribution in [2.75, 3.05) is 24.7 Å². The first-order valence-electron chi connectivity index (χ1n) is 14.1. The zero-order valence-corrected chi connectivity index (χ0v) is 25.7. The first kappa shape index (κ1) is 34.7. The Balaban J connectivity index is 1.46. The number of nitrogens with one attached hydrogen (secondary N) is 1. The normalized spacial score (nSPS) is 16.3. The number of aryl methyl sites for hydroxylation is 1. The van der Waals surface area contributed by atoms with Crippen molar-refractivity contribution in [3.05, 3.63) is 86.4 Å². The number of anilines is 1. The van der Waals surface area contributed by atoms with E-state index in [1.165, 1.54) is 42.9 Å². The largest absolute Gasteiger partial charge is 0.480 e. The van der Waals surface area contributed by atoms with Crippen LogP contribution >= 0.6 is 11.6 Å². The fraction of sp³-hybridized carbons (Fsp3) is 0.333. The zero-order valence-electron chi connectivity index (χ0n) is 24.9. The van der Waals surface area contributed by atoms with Crippen LogP contribution in [0.15, 0.2) is 47.5 Å². The van der Waals surface area contributed by atoms with Gasteiger partial charge < -0.3 is 29.0 Å². The number of imidazole rings is 1. The highest BCUT2D eigenvalue weighted by Gasteiger charge is 2.46. The van der Waals surface area contributed by atoms with E-state index in [1.807, 2.05) is 0 Å². The van der Waals surface area contributed by atoms with Gasteiger partial charge in [-0.15, -0.1) is 0 Å². The van der Waals surface area contributed by atoms with Gasteiger partial charge in [0.1, 0.15) is 23.5 Å². The lowest BCUT2D eigenvalue weighted by Gasteiger charge is -2.38. The number of aromatic nitrogens is 3. The molecule has 0 radical (unpaired) electrons. The molecule has 256 valence electrons. The molecule has 2 atom stereocenters. The summed E-state index contributed by atoms with van der Waals surface area (Å²) < 4.78 is 105. The SMILES string of the molecule is Cc1cc(C(F)(F)F)c(-c2ccc(CC(NC(=O)c3c(F)cc(N4CCOC[C@@H]4C(F)(F)F)cc3Cl)C(=O)O)n3ccnc23)c(=O)n1C. The number of amides is 1. The lowest BCUT2D eigenvalue weighted by molar-refractivity contribution is -0.167. The lowest BCUT2D eigenvalue weighted by Crippen LogP contribution is -2.53. The number of hydrogen-bond acceptors (Lipinski definition) is 6. The van der Waals surface area contributed by atoms with Crippen molar-refractivity contribution in [2.24, 2.45) is 7.05 Å². The molecule has 0 saturated carbocycles. The molecule has 1 aliphatic heterocycles. The minimum absolute atomic E-state index is 0.0601. The van der Waals surface area contributed by atoms with Gasteiger partial charge in [0.25, 0.3) is 11.5 Å². The number of hydrogen-bond donors (Lipinski definition) is 2. The van der Waals surface area contributed by atoms with E-state index in [9.17, 15) is 45.8 Å². The number of alkyl halides is 6. The van der Waals surface area contributed by atoms with Crippen LogP contribution in [0.3, 0.4) is 0 Å². The molecule has 1 aromatic carbocycles. The summed E-state index contributed by atoms with van der Waals surface area (Å²) in [5.41, 5.74) is -4.00. The topological polar surface area (TPSA) is 118 Å². The van der Waals surface area contributed by atoms with Crippen LogP contribution in [0.4, 0.5) is 36.4 Å². The van der Waals surface area contributed by atoms with Gasteiger partial charge in [-0.1, -0.05) is 11.6 Å². The molecule has 1 saturated heterocycles. The van der Waals surface area contributed by atoms with E-state index >= 15 is 4.39 Å². The Morgan fingerprint density at radius 3 is 2.50 bits per heavy atom. The number of halogens is 8. The molecular formula is C30H25ClF7N5O5. The molecule has 18 heteroatoms. The van der Waals surface area contributed by atoms with Crippen molar-refractivity contribution in [3.8, 4) is 11.1 Å². The highest BCUT2D eigenvalue weighted by atomic mass is 35.5. The molecule has 1 fully saturated rings. The van der Waals surface area contributed by atoms with Crippen molar-refractivity contribution < 1.29 is 50.2 Å². The van der Waals surface area contributed by atoms with Gasteiger partial charge in [-0.25, -0.2) is 14.2 Å². The number of carbonyl (C=O) groups excluding carboxylic acids is 1. The second kappa shape index (κ2) is 12.8. The molecule has 1 amide bonds. The number of morpholine rings is 1. The molecule has 1 aliphatic rings. The van der Waals surface area contributed by atoms with Crippen LogP contribution in [-0.2, 0) is 29.2 Å². The summed E-state index contributed by atoms with van der Waals surface area (Å²) in [4.78, 5) is 43.3. The summed E-state index contributed by atoms with van der Waals surface area (Å²) in [6, 6.07) is 1.04. The van der Waals surface area contributed by atoms with Crippen LogP contribution in [-0.4, -0.2) is 69.0 Å². The Hall–Kier alpha value is -4.64. The minimum Gasteiger partial charge on any atom is -0.480 e. The molecule has 5 rings (SSSR count). The number of carboxylic acid groups (broad SMARTS) is 1. The van der Waals surface area contributed by atoms with Crippen LogP contribution in [0.1, 0.15) is 27.3 Å². The average Bonchev–Trinajstić information content (AvgIpc) is 3.49. The predicted molar refractivity (Wildman–Crippen MR) is 158 cm³/mol. The summed E-state index contributed by atoms with van der Waals surface area (Å²) in [5.74, 6) is -4.18. The summed E-state index contributed by atoms with van der Waals surface area (Å²) in [6.45, 7) is 0.312. The van der Waals surface area contributed by atoms with Crippen LogP contribution in [0.25, 0.3) is 16.8 Å². The highest BCUT2D eigenvalue weighted by molar-refractivity contribution is 6.34. The van der Waals surface area contributed by atoms with Gasteiger partial charge in [-0.3, -0.25) is 9.59 Å². The van der Waals surface area contributed by atoms with E-state index in [0.717, 1.165) is 21.6 Å². The lowest BCUT2D eigenvalue weighted by atomic mass is 9.99. The van der Waals surface area contributed by atoms with Gasteiger partial charge in [-0.05, 0) is 37.3 Å². The molecule has 4 heterocycles. The molecule has 4 aromatic rings. The quantitative estimate of drug-likeness (QED) is 0.260. The standard InChI is InChI=1S/C30H25ClF7N5O5/c1-14-9-18(29(33,34)35)23(27(45)41(14)2)17-4-3-15(43-6-5-39-25(17)43)12-21(28(46)47)40-26(44)24-19(31)10-16(11-20(24)32)42-7-8-48-13-22(42)30(36,37)38/h3-6,9-11,21-22H,7-8,12-13H2,1-2H3,(H,40,44)(H,46,47)/t21?,22-/m1/s1. The van der Waals surface area contributed by atoms with Crippen LogP contribution in [0.2, 0.25) is 5.02 Å². The Bertz CT molecular complexity index is 1950. The van der Waals surface area contributed by atoms with Crippen LogP contribution < -0.4 is 15.8 Å². The van der Waals surface area contributed by atoms with Gasteiger partial charge in [-0.2, -0.15) is 26.3 Å². The van der Waals surface area contributed by atoms with E-state index < -0.39 is 82.4 Å². The maximum Gasteiger partial charge on any atom is 0.417 e. The molecule has 48 heavy (non-hydrogen) atoms. The molecule has 3 aromatic heterocycles. The summed E-state index contributed by atoms with van der Waals surface area (Å²) in [5, 5.41) is 11.5. The summed E-state index contributed by atoms with van der Waals surface area (Å²) >= 11 is 6.14. The van der Waals surface area contributed by atoms with Crippen LogP contribution in [0.5, 0.6) is 0 Å². The first-order chi connectivity index (χ1) is 22.4. The third-order valence-corrected chi connectivity index (χ3v) is 8.28. The fourth-order valence-corrected chi connectivity index (χ4v) is 5.79. The fourth-order valence-electron chi connectivity index (χ4n) is 5.50. The highest BCUT2D eigenvalue weighted by Crippen LogP contribution is 2.38. The third kappa shape index (κ3) is 6.56. The number of nitrogens with zero attached hydrogens (tertiary/aromatic N) is 4. The van der Waals surface area contributed by atoms with Gasteiger partial charge in [0.15, 0.2) is 0 Å². The molecule has 0 aliphatic carbocycles. The van der Waals surface area contributed by atoms with E-state index in [0.29, 0.717) is 6.07 Å². The van der Waals surface area contributed by atoms with Crippen molar-refractivity contribution >= 4 is 34.8 Å². The molecule has 2 N–H and O–H groups in total. The van der Waals surface area contributed by atoms with Crippen LogP contribution in [0, 0.1) is 12.7 Å². The number of carboxylic acids is 1. The number of aliphatic carboxylic acids is 1. The van der Waals surface area contributed by atoms with Crippen molar-refractivity contribution in [1.82, 2.24) is 19.3 Å². The third-order valence-electron chi connectivity index (χ3n) is 7.99. The van der Waals surface area contributed by atoms with Crippen molar-refractivity contribution in [3.63, 3.8) is 0 Å². The molecule has 10 nitrogen and oxygen atoms in total. The molecule has 0 spiro atoms. The second-order valence-electron chi connectivity index (χ2n) is 11.0. The maximum atomic E-state index is 15.2. The van der Waals surface area contributed by atoms with Gasteiger partial charge >= 0.3 is 18.3 Å². The summed E-state index contributed by atoms with van der Waals surface area (Å²) in [6.07, 6.45) is -7.58. The summed E-state index contributed by atoms with van der Waals surface area (Å²) in [7, 11) is 1.31. The number of pyridine rings is 2. The number of ether oxygens (including phenoxy) is 1. The van der Waals surface area contributed by atoms with E-state index in [4.69, 9.17) is 16.3 Å². The number of benzene rings is 1. The number of fused-ring (bicyclic) bond motifs is 1. The molecule has 0 bridgehead atoms. The van der Waals surface area contributed by atoms with Gasteiger partial charge in [0, 0.05) is 55.0 Å². The molecular weight excluding hydrogens is 679 g/mol. The smallest absolute Gasteiger partial charge is 0.417 e. The maximum absolute atomic E-state index is 15.2. The Morgan fingerprint density at radius 2 is 1.88 bits per heavy atom. The van der Waals surface area contributed by atoms with Gasteiger partial charge in [0.05, 0.1) is 34.9 Å². The Labute approximate surface area is 271 Å². The zero-order chi connectivity index (χ0) is 35.3. The second-order valence-corrected chi connectivity index (χ2v) is 11.4.